The van der Waals surface area contributed by atoms with Crippen molar-refractivity contribution in [3.05, 3.63) is 84.4 Å². The Kier molecular flexibility index (Phi) is 11.4. The maximum atomic E-state index is 12.7. The van der Waals surface area contributed by atoms with Gasteiger partial charge in [0.1, 0.15) is 17.2 Å². The molecule has 0 aliphatic heterocycles. The summed E-state index contributed by atoms with van der Waals surface area (Å²) in [5, 5.41) is 0. The monoisotopic (exact) mass is 560 g/mol. The first kappa shape index (κ1) is 31.3. The molecule has 0 spiro atoms. The molecular formula is C34H40O7. The van der Waals surface area contributed by atoms with Crippen molar-refractivity contribution >= 4 is 18.0 Å². The molecule has 0 N–H and O–H groups in total. The average Bonchev–Trinajstić information content (AvgIpc) is 2.96. The summed E-state index contributed by atoms with van der Waals surface area (Å²) < 4.78 is 26.8. The summed E-state index contributed by atoms with van der Waals surface area (Å²) in [6, 6.07) is 22.4. The minimum absolute atomic E-state index is 0.149. The molecular weight excluding hydrogens is 520 g/mol. The first-order valence-corrected chi connectivity index (χ1v) is 13.7. The van der Waals surface area contributed by atoms with Gasteiger partial charge in [-0.15, -0.1) is 0 Å². The first-order chi connectivity index (χ1) is 19.6. The van der Waals surface area contributed by atoms with E-state index in [-0.39, 0.29) is 25.5 Å². The van der Waals surface area contributed by atoms with Gasteiger partial charge in [-0.3, -0.25) is 4.79 Å². The van der Waals surface area contributed by atoms with E-state index in [9.17, 15) is 9.59 Å². The van der Waals surface area contributed by atoms with E-state index < -0.39 is 11.4 Å². The average molecular weight is 561 g/mol. The second-order valence-electron chi connectivity index (χ2n) is 10.7. The summed E-state index contributed by atoms with van der Waals surface area (Å²) in [4.78, 5) is 24.8. The summed E-state index contributed by atoms with van der Waals surface area (Å²) >= 11 is 0. The zero-order valence-corrected chi connectivity index (χ0v) is 24.7. The number of benzene rings is 3. The van der Waals surface area contributed by atoms with Crippen molar-refractivity contribution in [3.63, 3.8) is 0 Å². The smallest absolute Gasteiger partial charge is 0.333 e. The van der Waals surface area contributed by atoms with E-state index in [1.54, 1.807) is 37.5 Å². The van der Waals surface area contributed by atoms with Gasteiger partial charge in [-0.1, -0.05) is 64.1 Å². The summed E-state index contributed by atoms with van der Waals surface area (Å²) in [7, 11) is 1.64. The van der Waals surface area contributed by atoms with E-state index in [0.29, 0.717) is 17.4 Å². The van der Waals surface area contributed by atoms with Gasteiger partial charge < -0.3 is 23.7 Å². The van der Waals surface area contributed by atoms with Gasteiger partial charge in [-0.05, 0) is 84.3 Å². The SMILES string of the molecule is COc1ccc(-c2ccc(/C=C/C(=O)OCOc3ccc(OCOC(=O)C(C)(CC(C)C)C(C)C)cc3)cc2)cc1. The van der Waals surface area contributed by atoms with Crippen LogP contribution in [0.2, 0.25) is 0 Å². The highest BCUT2D eigenvalue weighted by Gasteiger charge is 2.38. The lowest BCUT2D eigenvalue weighted by Gasteiger charge is -2.32. The number of esters is 2. The zero-order chi connectivity index (χ0) is 29.8. The molecule has 0 bridgehead atoms. The third-order valence-corrected chi connectivity index (χ3v) is 6.98. The molecule has 3 aromatic rings. The summed E-state index contributed by atoms with van der Waals surface area (Å²) in [6.07, 6.45) is 3.79. The molecule has 218 valence electrons. The van der Waals surface area contributed by atoms with Crippen LogP contribution in [-0.4, -0.2) is 32.6 Å². The van der Waals surface area contributed by atoms with Crippen LogP contribution in [0.5, 0.6) is 17.2 Å². The number of methoxy groups -OCH3 is 1. The van der Waals surface area contributed by atoms with Crippen LogP contribution in [0, 0.1) is 17.3 Å². The maximum Gasteiger partial charge on any atom is 0.333 e. The number of hydrogen-bond donors (Lipinski definition) is 0. The van der Waals surface area contributed by atoms with Crippen molar-refractivity contribution in [2.75, 3.05) is 20.7 Å². The molecule has 7 nitrogen and oxygen atoms in total. The molecule has 0 aliphatic rings. The molecule has 1 unspecified atom stereocenters. The van der Waals surface area contributed by atoms with Gasteiger partial charge in [0.15, 0.2) is 0 Å². The van der Waals surface area contributed by atoms with E-state index in [2.05, 4.69) is 13.8 Å². The molecule has 0 fully saturated rings. The summed E-state index contributed by atoms with van der Waals surface area (Å²) in [5.41, 5.74) is 2.45. The van der Waals surface area contributed by atoms with Crippen molar-refractivity contribution in [2.24, 2.45) is 17.3 Å². The van der Waals surface area contributed by atoms with Gasteiger partial charge in [-0.2, -0.15) is 0 Å². The number of ether oxygens (including phenoxy) is 5. The molecule has 1 atom stereocenters. The number of rotatable bonds is 14. The third kappa shape index (κ3) is 9.41. The lowest BCUT2D eigenvalue weighted by molar-refractivity contribution is -0.165. The summed E-state index contributed by atoms with van der Waals surface area (Å²) in [5.74, 6) is 1.59. The fourth-order valence-corrected chi connectivity index (χ4v) is 4.29. The number of carbonyl (C=O) groups is 2. The van der Waals surface area contributed by atoms with Gasteiger partial charge >= 0.3 is 11.9 Å². The van der Waals surface area contributed by atoms with E-state index in [1.165, 1.54) is 6.08 Å². The van der Waals surface area contributed by atoms with Crippen LogP contribution >= 0.6 is 0 Å². The molecule has 0 heterocycles. The minimum atomic E-state index is -0.565. The maximum absolute atomic E-state index is 12.7. The van der Waals surface area contributed by atoms with Crippen LogP contribution in [0.1, 0.15) is 46.6 Å². The van der Waals surface area contributed by atoms with Gasteiger partial charge in [0.05, 0.1) is 12.5 Å². The van der Waals surface area contributed by atoms with Crippen molar-refractivity contribution in [2.45, 2.75) is 41.0 Å². The Morgan fingerprint density at radius 1 is 0.732 bits per heavy atom. The van der Waals surface area contributed by atoms with Crippen LogP contribution in [0.3, 0.4) is 0 Å². The quantitative estimate of drug-likeness (QED) is 0.114. The molecule has 0 radical (unpaired) electrons. The Balaban J connectivity index is 1.39. The standard InChI is InChI=1S/C34H40O7/c1-24(2)21-34(5,25(3)4)33(36)41-23-39-31-18-16-30(17-19-31)38-22-40-32(35)20-9-26-7-10-27(11-8-26)28-12-14-29(37-6)15-13-28/h7-20,24-25H,21-23H2,1-6H3/b20-9+. The zero-order valence-electron chi connectivity index (χ0n) is 24.7. The fourth-order valence-electron chi connectivity index (χ4n) is 4.29. The molecule has 0 aliphatic carbocycles. The second kappa shape index (κ2) is 14.9. The highest BCUT2D eigenvalue weighted by atomic mass is 16.7. The third-order valence-electron chi connectivity index (χ3n) is 6.98. The fraction of sp³-hybridized carbons (Fsp3) is 0.353. The molecule has 0 amide bonds. The number of carbonyl (C=O) groups excluding carboxylic acids is 2. The van der Waals surface area contributed by atoms with Crippen molar-refractivity contribution < 1.29 is 33.3 Å². The van der Waals surface area contributed by atoms with Gasteiger partial charge in [0, 0.05) is 6.08 Å². The molecule has 7 heteroatoms. The Bertz CT molecular complexity index is 1280. The highest BCUT2D eigenvalue weighted by molar-refractivity contribution is 5.87. The van der Waals surface area contributed by atoms with Crippen molar-refractivity contribution in [1.29, 1.82) is 0 Å². The predicted molar refractivity (Wildman–Crippen MR) is 159 cm³/mol. The normalized spacial score (nSPS) is 12.7. The van der Waals surface area contributed by atoms with Gasteiger partial charge in [-0.25, -0.2) is 4.79 Å². The van der Waals surface area contributed by atoms with E-state index >= 15 is 0 Å². The van der Waals surface area contributed by atoms with Crippen LogP contribution in [0.15, 0.2) is 78.9 Å². The Labute approximate surface area is 243 Å². The first-order valence-electron chi connectivity index (χ1n) is 13.7. The van der Waals surface area contributed by atoms with E-state index in [1.807, 2.05) is 69.3 Å². The molecule has 3 aromatic carbocycles. The number of hydrogen-bond acceptors (Lipinski definition) is 7. The Morgan fingerprint density at radius 3 is 1.71 bits per heavy atom. The lowest BCUT2D eigenvalue weighted by Crippen LogP contribution is -2.37. The minimum Gasteiger partial charge on any atom is -0.497 e. The molecule has 0 saturated heterocycles. The Morgan fingerprint density at radius 2 is 1.22 bits per heavy atom. The van der Waals surface area contributed by atoms with E-state index in [4.69, 9.17) is 23.7 Å². The summed E-state index contributed by atoms with van der Waals surface area (Å²) in [6.45, 7) is 9.77. The van der Waals surface area contributed by atoms with Crippen LogP contribution in [0.25, 0.3) is 17.2 Å². The topological polar surface area (TPSA) is 80.3 Å². The van der Waals surface area contributed by atoms with E-state index in [0.717, 1.165) is 28.9 Å². The van der Waals surface area contributed by atoms with Crippen molar-refractivity contribution in [3.8, 4) is 28.4 Å². The van der Waals surface area contributed by atoms with Crippen LogP contribution < -0.4 is 14.2 Å². The molecule has 0 saturated carbocycles. The molecule has 41 heavy (non-hydrogen) atoms. The molecule has 3 rings (SSSR count). The molecule has 0 aromatic heterocycles. The van der Waals surface area contributed by atoms with Gasteiger partial charge in [0.25, 0.3) is 0 Å². The Hall–Kier alpha value is -4.26. The second-order valence-corrected chi connectivity index (χ2v) is 10.7. The lowest BCUT2D eigenvalue weighted by atomic mass is 9.73. The van der Waals surface area contributed by atoms with Gasteiger partial charge in [0.2, 0.25) is 13.6 Å². The largest absolute Gasteiger partial charge is 0.497 e. The predicted octanol–water partition coefficient (Wildman–Crippen LogP) is 7.54. The van der Waals surface area contributed by atoms with Crippen LogP contribution in [0.4, 0.5) is 0 Å². The highest BCUT2D eigenvalue weighted by Crippen LogP contribution is 2.35. The van der Waals surface area contributed by atoms with Crippen LogP contribution in [-0.2, 0) is 19.1 Å². The van der Waals surface area contributed by atoms with Crippen molar-refractivity contribution in [1.82, 2.24) is 0 Å².